The zero-order chi connectivity index (χ0) is 22.2. The number of rotatable bonds is 8. The van der Waals surface area contributed by atoms with Gasteiger partial charge in [-0.05, 0) is 24.6 Å². The summed E-state index contributed by atoms with van der Waals surface area (Å²) in [6, 6.07) is 15.1. The summed E-state index contributed by atoms with van der Waals surface area (Å²) < 4.78 is 8.62. The summed E-state index contributed by atoms with van der Waals surface area (Å²) in [6.45, 7) is 1.84. The van der Waals surface area contributed by atoms with Gasteiger partial charge in [-0.15, -0.1) is 5.10 Å². The van der Waals surface area contributed by atoms with Crippen molar-refractivity contribution < 1.29 is 19.1 Å². The number of amides is 2. The summed E-state index contributed by atoms with van der Waals surface area (Å²) in [5.41, 5.74) is 0.990. The number of benzene rings is 2. The molecule has 0 saturated heterocycles. The first-order valence-electron chi connectivity index (χ1n) is 9.39. The predicted octanol–water partition coefficient (Wildman–Crippen LogP) is 3.87. The summed E-state index contributed by atoms with van der Waals surface area (Å²) in [4.78, 5) is 37.4. The number of hydrogen-bond acceptors (Lipinski definition) is 7. The predicted molar refractivity (Wildman–Crippen MR) is 117 cm³/mol. The molecule has 2 aromatic carbocycles. The molecule has 2 amide bonds. The number of halogens is 1. The summed E-state index contributed by atoms with van der Waals surface area (Å²) in [5, 5.41) is 9.70. The van der Waals surface area contributed by atoms with E-state index in [4.69, 9.17) is 16.3 Å². The van der Waals surface area contributed by atoms with Crippen LogP contribution < -0.4 is 10.6 Å². The molecule has 8 nitrogen and oxygen atoms in total. The lowest BCUT2D eigenvalue weighted by atomic mass is 10.0. The second-order valence-corrected chi connectivity index (χ2v) is 7.50. The summed E-state index contributed by atoms with van der Waals surface area (Å²) in [7, 11) is 0. The van der Waals surface area contributed by atoms with Crippen LogP contribution in [-0.2, 0) is 9.53 Å². The number of carbonyl (C=O) groups is 3. The highest BCUT2D eigenvalue weighted by Gasteiger charge is 2.23. The highest BCUT2D eigenvalue weighted by Crippen LogP contribution is 2.23. The van der Waals surface area contributed by atoms with E-state index in [1.165, 1.54) is 0 Å². The minimum atomic E-state index is -0.668. The molecule has 0 spiro atoms. The standard InChI is InChI=1S/C21H19ClN4O4S/c1-2-30-21(29)18-20(31-26-25-18)24-17(27)12-16(13-8-4-3-5-9-13)23-19(28)14-10-6-7-11-15(14)22/h3-11,16H,2,12H2,1H3,(H,23,28)(H,24,27). The largest absolute Gasteiger partial charge is 0.461 e. The highest BCUT2D eigenvalue weighted by molar-refractivity contribution is 7.10. The molecule has 2 N–H and O–H groups in total. The zero-order valence-corrected chi connectivity index (χ0v) is 18.1. The third-order valence-corrected chi connectivity index (χ3v) is 5.20. The van der Waals surface area contributed by atoms with Gasteiger partial charge in [0.25, 0.3) is 5.91 Å². The van der Waals surface area contributed by atoms with Crippen LogP contribution in [-0.4, -0.2) is 34.0 Å². The molecule has 10 heteroatoms. The average molecular weight is 459 g/mol. The number of esters is 1. The van der Waals surface area contributed by atoms with Crippen LogP contribution in [0.15, 0.2) is 54.6 Å². The van der Waals surface area contributed by atoms with Gasteiger partial charge in [-0.25, -0.2) is 4.79 Å². The third kappa shape index (κ3) is 5.87. The van der Waals surface area contributed by atoms with Gasteiger partial charge in [-0.1, -0.05) is 58.6 Å². The smallest absolute Gasteiger partial charge is 0.362 e. The molecule has 160 valence electrons. The molecule has 0 saturated carbocycles. The SMILES string of the molecule is CCOC(=O)c1nnsc1NC(=O)CC(NC(=O)c1ccccc1Cl)c1ccccc1. The first-order valence-corrected chi connectivity index (χ1v) is 10.5. The molecule has 1 unspecified atom stereocenters. The molecule has 0 aliphatic rings. The number of anilines is 1. The van der Waals surface area contributed by atoms with E-state index in [-0.39, 0.29) is 23.7 Å². The van der Waals surface area contributed by atoms with E-state index in [0.717, 1.165) is 17.1 Å². The maximum atomic E-state index is 12.8. The Hall–Kier alpha value is -3.30. The Morgan fingerprint density at radius 1 is 1.10 bits per heavy atom. The molecule has 0 bridgehead atoms. The number of aromatic nitrogens is 2. The Bertz CT molecular complexity index is 1070. The van der Waals surface area contributed by atoms with Gasteiger partial charge in [-0.2, -0.15) is 0 Å². The Kier molecular flexibility index (Phi) is 7.69. The van der Waals surface area contributed by atoms with Crippen LogP contribution in [0.1, 0.15) is 45.8 Å². The first-order chi connectivity index (χ1) is 15.0. The molecule has 0 aliphatic carbocycles. The van der Waals surface area contributed by atoms with Gasteiger partial charge in [0.15, 0.2) is 5.00 Å². The Balaban J connectivity index is 1.76. The van der Waals surface area contributed by atoms with Gasteiger partial charge in [-0.3, -0.25) is 9.59 Å². The third-order valence-electron chi connectivity index (χ3n) is 4.23. The minimum Gasteiger partial charge on any atom is -0.461 e. The molecular weight excluding hydrogens is 440 g/mol. The molecule has 0 fully saturated rings. The van der Waals surface area contributed by atoms with Crippen molar-refractivity contribution in [3.8, 4) is 0 Å². The fourth-order valence-electron chi connectivity index (χ4n) is 2.79. The first kappa shape index (κ1) is 22.4. The summed E-state index contributed by atoms with van der Waals surface area (Å²) in [6.07, 6.45) is -0.0830. The van der Waals surface area contributed by atoms with Gasteiger partial charge >= 0.3 is 5.97 Å². The van der Waals surface area contributed by atoms with E-state index >= 15 is 0 Å². The fraction of sp³-hybridized carbons (Fsp3) is 0.190. The van der Waals surface area contributed by atoms with E-state index in [9.17, 15) is 14.4 Å². The van der Waals surface area contributed by atoms with Crippen molar-refractivity contribution in [1.29, 1.82) is 0 Å². The number of nitrogens with one attached hydrogen (secondary N) is 2. The molecule has 31 heavy (non-hydrogen) atoms. The van der Waals surface area contributed by atoms with Gasteiger partial charge < -0.3 is 15.4 Å². The molecule has 1 heterocycles. The minimum absolute atomic E-state index is 0.0587. The second kappa shape index (κ2) is 10.6. The molecule has 1 atom stereocenters. The van der Waals surface area contributed by atoms with Crippen molar-refractivity contribution in [2.75, 3.05) is 11.9 Å². The lowest BCUT2D eigenvalue weighted by Crippen LogP contribution is -2.31. The second-order valence-electron chi connectivity index (χ2n) is 6.34. The van der Waals surface area contributed by atoms with Crippen LogP contribution >= 0.6 is 23.1 Å². The number of hydrogen-bond donors (Lipinski definition) is 2. The van der Waals surface area contributed by atoms with E-state index in [2.05, 4.69) is 20.2 Å². The van der Waals surface area contributed by atoms with Gasteiger partial charge in [0.1, 0.15) is 0 Å². The van der Waals surface area contributed by atoms with Crippen LogP contribution in [0.2, 0.25) is 5.02 Å². The Morgan fingerprint density at radius 2 is 1.81 bits per heavy atom. The number of nitrogens with zero attached hydrogens (tertiary/aromatic N) is 2. The van der Waals surface area contributed by atoms with Crippen molar-refractivity contribution in [2.24, 2.45) is 0 Å². The lowest BCUT2D eigenvalue weighted by molar-refractivity contribution is -0.116. The van der Waals surface area contributed by atoms with Crippen LogP contribution in [0.4, 0.5) is 5.00 Å². The summed E-state index contributed by atoms with van der Waals surface area (Å²) in [5.74, 6) is -1.50. The number of carbonyl (C=O) groups excluding carboxylic acids is 3. The van der Waals surface area contributed by atoms with Gasteiger partial charge in [0.05, 0.1) is 29.7 Å². The lowest BCUT2D eigenvalue weighted by Gasteiger charge is -2.19. The quantitative estimate of drug-likeness (QED) is 0.496. The van der Waals surface area contributed by atoms with Gasteiger partial charge in [0, 0.05) is 11.5 Å². The normalized spacial score (nSPS) is 11.4. The molecule has 0 radical (unpaired) electrons. The molecular formula is C21H19ClN4O4S. The molecule has 3 rings (SSSR count). The average Bonchev–Trinajstić information content (AvgIpc) is 3.22. The van der Waals surface area contributed by atoms with Crippen molar-refractivity contribution in [3.63, 3.8) is 0 Å². The van der Waals surface area contributed by atoms with Crippen LogP contribution in [0.25, 0.3) is 0 Å². The zero-order valence-electron chi connectivity index (χ0n) is 16.5. The van der Waals surface area contributed by atoms with Crippen LogP contribution in [0, 0.1) is 0 Å². The molecule has 3 aromatic rings. The maximum absolute atomic E-state index is 12.8. The maximum Gasteiger partial charge on any atom is 0.362 e. The van der Waals surface area contributed by atoms with E-state index in [1.54, 1.807) is 31.2 Å². The van der Waals surface area contributed by atoms with E-state index in [0.29, 0.717) is 10.6 Å². The van der Waals surface area contributed by atoms with Crippen molar-refractivity contribution >= 4 is 45.9 Å². The van der Waals surface area contributed by atoms with Crippen molar-refractivity contribution in [3.05, 3.63) is 76.4 Å². The van der Waals surface area contributed by atoms with Gasteiger partial charge in [0.2, 0.25) is 11.6 Å². The van der Waals surface area contributed by atoms with Crippen molar-refractivity contribution in [2.45, 2.75) is 19.4 Å². The topological polar surface area (TPSA) is 110 Å². The van der Waals surface area contributed by atoms with Crippen LogP contribution in [0.3, 0.4) is 0 Å². The van der Waals surface area contributed by atoms with Crippen molar-refractivity contribution in [1.82, 2.24) is 14.9 Å². The van der Waals surface area contributed by atoms with E-state index in [1.807, 2.05) is 30.3 Å². The molecule has 0 aliphatic heterocycles. The molecule has 1 aromatic heterocycles. The van der Waals surface area contributed by atoms with E-state index < -0.39 is 23.8 Å². The number of ether oxygens (including phenoxy) is 1. The summed E-state index contributed by atoms with van der Waals surface area (Å²) >= 11 is 6.99. The van der Waals surface area contributed by atoms with Crippen LogP contribution in [0.5, 0.6) is 0 Å². The fourth-order valence-corrected chi connectivity index (χ4v) is 3.58. The highest BCUT2D eigenvalue weighted by atomic mass is 35.5. The monoisotopic (exact) mass is 458 g/mol. The Labute approximate surface area is 187 Å². The Morgan fingerprint density at radius 3 is 2.52 bits per heavy atom.